The number of ether oxygens (including phenoxy) is 1. The van der Waals surface area contributed by atoms with Gasteiger partial charge in [0.1, 0.15) is 5.75 Å². The minimum atomic E-state index is -0.00768. The molecule has 1 aromatic carbocycles. The van der Waals surface area contributed by atoms with E-state index in [9.17, 15) is 5.11 Å². The van der Waals surface area contributed by atoms with Crippen LogP contribution in [-0.4, -0.2) is 18.8 Å². The third-order valence-corrected chi connectivity index (χ3v) is 2.60. The minimum Gasteiger partial charge on any atom is -0.496 e. The standard InChI is InChI=1S/C13H15NO2/c1-16-13-3-2-11(8-12(13)9-15)10-4-6-14-7-5-10/h2-6,8,14-15H,7,9H2,1H3. The van der Waals surface area contributed by atoms with E-state index in [0.717, 1.165) is 29.0 Å². The van der Waals surface area contributed by atoms with E-state index in [2.05, 4.69) is 11.4 Å². The molecule has 0 bridgehead atoms. The summed E-state index contributed by atoms with van der Waals surface area (Å²) < 4.78 is 5.17. The van der Waals surface area contributed by atoms with Gasteiger partial charge >= 0.3 is 0 Å². The van der Waals surface area contributed by atoms with Crippen LogP contribution in [-0.2, 0) is 6.61 Å². The monoisotopic (exact) mass is 217 g/mol. The van der Waals surface area contributed by atoms with Crippen LogP contribution in [0.2, 0.25) is 0 Å². The summed E-state index contributed by atoms with van der Waals surface area (Å²) in [5, 5.41) is 12.3. The topological polar surface area (TPSA) is 41.5 Å². The van der Waals surface area contributed by atoms with E-state index in [4.69, 9.17) is 4.74 Å². The van der Waals surface area contributed by atoms with E-state index in [1.54, 1.807) is 7.11 Å². The molecule has 2 rings (SSSR count). The van der Waals surface area contributed by atoms with Crippen molar-refractivity contribution >= 4 is 5.57 Å². The van der Waals surface area contributed by atoms with Crippen LogP contribution in [0.4, 0.5) is 0 Å². The normalized spacial score (nSPS) is 14.2. The molecule has 3 nitrogen and oxygen atoms in total. The molecular formula is C13H15NO2. The average molecular weight is 217 g/mol. The second-order valence-electron chi connectivity index (χ2n) is 3.59. The van der Waals surface area contributed by atoms with Gasteiger partial charge in [-0.3, -0.25) is 0 Å². The molecule has 0 atom stereocenters. The van der Waals surface area contributed by atoms with Crippen LogP contribution in [0.3, 0.4) is 0 Å². The summed E-state index contributed by atoms with van der Waals surface area (Å²) >= 11 is 0. The lowest BCUT2D eigenvalue weighted by Gasteiger charge is -2.12. The van der Waals surface area contributed by atoms with Gasteiger partial charge in [0.25, 0.3) is 0 Å². The largest absolute Gasteiger partial charge is 0.496 e. The molecule has 0 unspecified atom stereocenters. The van der Waals surface area contributed by atoms with Crippen molar-refractivity contribution in [1.29, 1.82) is 0 Å². The summed E-state index contributed by atoms with van der Waals surface area (Å²) in [4.78, 5) is 0. The molecule has 84 valence electrons. The zero-order valence-electron chi connectivity index (χ0n) is 9.23. The van der Waals surface area contributed by atoms with Gasteiger partial charge in [0.2, 0.25) is 0 Å². The number of hydrogen-bond acceptors (Lipinski definition) is 3. The maximum atomic E-state index is 9.24. The van der Waals surface area contributed by atoms with Crippen LogP contribution in [0.15, 0.2) is 36.6 Å². The van der Waals surface area contributed by atoms with Crippen molar-refractivity contribution < 1.29 is 9.84 Å². The number of hydrogen-bond donors (Lipinski definition) is 2. The lowest BCUT2D eigenvalue weighted by molar-refractivity contribution is 0.274. The highest BCUT2D eigenvalue weighted by atomic mass is 16.5. The second-order valence-corrected chi connectivity index (χ2v) is 3.59. The Morgan fingerprint density at radius 2 is 2.31 bits per heavy atom. The Hall–Kier alpha value is -1.74. The third kappa shape index (κ3) is 2.09. The van der Waals surface area contributed by atoms with Crippen LogP contribution in [0.5, 0.6) is 5.75 Å². The number of rotatable bonds is 3. The van der Waals surface area contributed by atoms with Crippen LogP contribution >= 0.6 is 0 Å². The Morgan fingerprint density at radius 1 is 1.44 bits per heavy atom. The predicted octanol–water partition coefficient (Wildman–Crippen LogP) is 1.69. The highest BCUT2D eigenvalue weighted by molar-refractivity contribution is 5.75. The zero-order chi connectivity index (χ0) is 11.4. The number of benzene rings is 1. The van der Waals surface area contributed by atoms with Gasteiger partial charge in [-0.15, -0.1) is 0 Å². The van der Waals surface area contributed by atoms with Crippen molar-refractivity contribution in [1.82, 2.24) is 5.32 Å². The maximum absolute atomic E-state index is 9.24. The van der Waals surface area contributed by atoms with Crippen molar-refractivity contribution in [2.24, 2.45) is 0 Å². The van der Waals surface area contributed by atoms with Gasteiger partial charge in [0, 0.05) is 12.1 Å². The molecule has 0 saturated carbocycles. The first-order valence-electron chi connectivity index (χ1n) is 5.23. The first-order chi connectivity index (χ1) is 7.85. The van der Waals surface area contributed by atoms with Gasteiger partial charge in [-0.2, -0.15) is 0 Å². The van der Waals surface area contributed by atoms with Crippen molar-refractivity contribution in [3.8, 4) is 5.75 Å². The van der Waals surface area contributed by atoms with Crippen LogP contribution in [0.1, 0.15) is 11.1 Å². The van der Waals surface area contributed by atoms with E-state index < -0.39 is 0 Å². The summed E-state index contributed by atoms with van der Waals surface area (Å²) in [6, 6.07) is 5.84. The molecule has 2 N–H and O–H groups in total. The van der Waals surface area contributed by atoms with Gasteiger partial charge in [-0.1, -0.05) is 12.1 Å². The number of dihydropyridines is 1. The van der Waals surface area contributed by atoms with E-state index in [-0.39, 0.29) is 6.61 Å². The number of aliphatic hydroxyl groups excluding tert-OH is 1. The number of nitrogens with one attached hydrogen (secondary N) is 1. The zero-order valence-corrected chi connectivity index (χ0v) is 9.23. The van der Waals surface area contributed by atoms with Gasteiger partial charge < -0.3 is 15.2 Å². The smallest absolute Gasteiger partial charge is 0.124 e. The van der Waals surface area contributed by atoms with Gasteiger partial charge in [-0.05, 0) is 35.5 Å². The van der Waals surface area contributed by atoms with E-state index in [1.807, 2.05) is 30.5 Å². The fraction of sp³-hybridized carbons (Fsp3) is 0.231. The molecule has 0 saturated heterocycles. The number of methoxy groups -OCH3 is 1. The number of aliphatic hydroxyl groups is 1. The van der Waals surface area contributed by atoms with Crippen molar-refractivity contribution in [2.45, 2.75) is 6.61 Å². The fourth-order valence-corrected chi connectivity index (χ4v) is 1.75. The Balaban J connectivity index is 2.35. The maximum Gasteiger partial charge on any atom is 0.124 e. The molecule has 1 heterocycles. The van der Waals surface area contributed by atoms with E-state index in [1.165, 1.54) is 0 Å². The van der Waals surface area contributed by atoms with Crippen molar-refractivity contribution in [3.05, 3.63) is 47.7 Å². The van der Waals surface area contributed by atoms with Crippen LogP contribution < -0.4 is 10.1 Å². The lowest BCUT2D eigenvalue weighted by atomic mass is 10.0. The minimum absolute atomic E-state index is 0.00768. The molecule has 1 aliphatic rings. The lowest BCUT2D eigenvalue weighted by Crippen LogP contribution is -2.08. The summed E-state index contributed by atoms with van der Waals surface area (Å²) in [6.45, 7) is 0.832. The SMILES string of the molecule is COc1ccc(C2=CCNC=C2)cc1CO. The molecule has 0 aliphatic carbocycles. The highest BCUT2D eigenvalue weighted by Crippen LogP contribution is 2.25. The van der Waals surface area contributed by atoms with E-state index >= 15 is 0 Å². The number of allylic oxidation sites excluding steroid dienone is 2. The molecule has 1 aliphatic heterocycles. The van der Waals surface area contributed by atoms with E-state index in [0.29, 0.717) is 0 Å². The summed E-state index contributed by atoms with van der Waals surface area (Å²) in [5.74, 6) is 0.727. The molecule has 1 aromatic rings. The molecule has 0 fully saturated rings. The average Bonchev–Trinajstić information content (AvgIpc) is 2.39. The predicted molar refractivity (Wildman–Crippen MR) is 64.0 cm³/mol. The quantitative estimate of drug-likeness (QED) is 0.809. The first kappa shape index (κ1) is 10.8. The Bertz CT molecular complexity index is 436. The van der Waals surface area contributed by atoms with Crippen LogP contribution in [0, 0.1) is 0 Å². The summed E-state index contributed by atoms with van der Waals surface area (Å²) in [6.07, 6.45) is 6.06. The Labute approximate surface area is 95.1 Å². The van der Waals surface area contributed by atoms with Crippen molar-refractivity contribution in [2.75, 3.05) is 13.7 Å². The highest BCUT2D eigenvalue weighted by Gasteiger charge is 2.06. The van der Waals surface area contributed by atoms with Gasteiger partial charge in [0.05, 0.1) is 13.7 Å². The third-order valence-electron chi connectivity index (χ3n) is 2.60. The van der Waals surface area contributed by atoms with Gasteiger partial charge in [-0.25, -0.2) is 0 Å². The fourth-order valence-electron chi connectivity index (χ4n) is 1.75. The van der Waals surface area contributed by atoms with Crippen molar-refractivity contribution in [3.63, 3.8) is 0 Å². The second kappa shape index (κ2) is 4.86. The molecule has 16 heavy (non-hydrogen) atoms. The molecule has 0 spiro atoms. The Morgan fingerprint density at radius 3 is 2.94 bits per heavy atom. The Kier molecular flexibility index (Phi) is 3.27. The molecule has 0 radical (unpaired) electrons. The summed E-state index contributed by atoms with van der Waals surface area (Å²) in [5.41, 5.74) is 3.08. The van der Waals surface area contributed by atoms with Gasteiger partial charge in [0.15, 0.2) is 0 Å². The van der Waals surface area contributed by atoms with Crippen LogP contribution in [0.25, 0.3) is 5.57 Å². The molecular weight excluding hydrogens is 202 g/mol. The molecule has 3 heteroatoms. The molecule has 0 amide bonds. The first-order valence-corrected chi connectivity index (χ1v) is 5.23. The molecule has 0 aromatic heterocycles. The summed E-state index contributed by atoms with van der Waals surface area (Å²) in [7, 11) is 1.61.